The lowest BCUT2D eigenvalue weighted by Crippen LogP contribution is -2.16. The minimum absolute atomic E-state index is 0.0119. The van der Waals surface area contributed by atoms with Gasteiger partial charge in [0.05, 0.1) is 21.7 Å². The molecule has 0 aliphatic carbocycles. The molecule has 0 heterocycles. The van der Waals surface area contributed by atoms with Crippen LogP contribution < -0.4 is 4.72 Å². The molecule has 0 amide bonds. The molecule has 2 aromatic rings. The largest absolute Gasteiger partial charge is 0.416 e. The predicted molar refractivity (Wildman–Crippen MR) is 83.7 cm³/mol. The second kappa shape index (κ2) is 6.87. The van der Waals surface area contributed by atoms with Gasteiger partial charge >= 0.3 is 12.4 Å². The van der Waals surface area contributed by atoms with Crippen LogP contribution in [-0.4, -0.2) is 14.2 Å². The number of rotatable bonds is 4. The molecule has 27 heavy (non-hydrogen) atoms. The number of carbonyl (C=O) groups excluding carboxylic acids is 1. The van der Waals surface area contributed by atoms with E-state index in [2.05, 4.69) is 0 Å². The van der Waals surface area contributed by atoms with Gasteiger partial charge in [0, 0.05) is 5.56 Å². The van der Waals surface area contributed by atoms with Gasteiger partial charge in [-0.15, -0.1) is 0 Å². The van der Waals surface area contributed by atoms with Gasteiger partial charge in [0.1, 0.15) is 0 Å². The zero-order valence-electron chi connectivity index (χ0n) is 13.4. The van der Waals surface area contributed by atoms with Crippen molar-refractivity contribution in [3.05, 3.63) is 59.2 Å². The van der Waals surface area contributed by atoms with E-state index >= 15 is 0 Å². The molecule has 146 valence electrons. The van der Waals surface area contributed by atoms with Crippen LogP contribution in [0, 0.1) is 0 Å². The number of halogens is 6. The predicted octanol–water partition coefficient (Wildman–Crippen LogP) is 4.73. The van der Waals surface area contributed by atoms with Crippen LogP contribution in [0.3, 0.4) is 0 Å². The van der Waals surface area contributed by atoms with E-state index in [9.17, 15) is 39.6 Å². The second-order valence-corrected chi connectivity index (χ2v) is 7.17. The number of hydrogen-bond donors (Lipinski definition) is 1. The van der Waals surface area contributed by atoms with E-state index in [1.807, 2.05) is 0 Å². The highest BCUT2D eigenvalue weighted by Gasteiger charge is 2.37. The number of sulfonamides is 1. The third kappa shape index (κ3) is 5.00. The molecule has 4 nitrogen and oxygen atoms in total. The molecule has 2 aromatic carbocycles. The van der Waals surface area contributed by atoms with Crippen molar-refractivity contribution in [3.63, 3.8) is 0 Å². The smallest absolute Gasteiger partial charge is 0.295 e. The van der Waals surface area contributed by atoms with E-state index in [1.165, 1.54) is 19.1 Å². The van der Waals surface area contributed by atoms with Crippen LogP contribution in [-0.2, 0) is 22.4 Å². The molecule has 0 saturated carbocycles. The normalized spacial score (nSPS) is 12.7. The Morgan fingerprint density at radius 2 is 1.41 bits per heavy atom. The number of ketones is 1. The van der Waals surface area contributed by atoms with Crippen LogP contribution in [0.5, 0.6) is 0 Å². The Balaban J connectivity index is 2.52. The molecule has 0 fully saturated rings. The van der Waals surface area contributed by atoms with E-state index in [4.69, 9.17) is 0 Å². The Kier molecular flexibility index (Phi) is 5.28. The minimum Gasteiger partial charge on any atom is -0.295 e. The number of alkyl halides is 6. The molecule has 11 heteroatoms. The molecule has 0 spiro atoms. The lowest BCUT2D eigenvalue weighted by atomic mass is 10.1. The van der Waals surface area contributed by atoms with Crippen LogP contribution in [0.15, 0.2) is 47.4 Å². The molecule has 0 saturated heterocycles. The van der Waals surface area contributed by atoms with Gasteiger partial charge in [-0.1, -0.05) is 12.1 Å². The van der Waals surface area contributed by atoms with Crippen LogP contribution in [0.25, 0.3) is 0 Å². The van der Waals surface area contributed by atoms with Crippen LogP contribution in [0.1, 0.15) is 28.4 Å². The first-order valence-corrected chi connectivity index (χ1v) is 8.62. The SMILES string of the molecule is CC(=O)c1cccc(S(=O)(=O)Nc2cc(C(F)(F)F)cc(C(F)(F)F)c2)c1. The van der Waals surface area contributed by atoms with Gasteiger partial charge in [-0.2, -0.15) is 26.3 Å². The van der Waals surface area contributed by atoms with Crippen molar-refractivity contribution in [3.8, 4) is 0 Å². The highest BCUT2D eigenvalue weighted by molar-refractivity contribution is 7.92. The fraction of sp³-hybridized carbons (Fsp3) is 0.188. The van der Waals surface area contributed by atoms with E-state index in [0.717, 1.165) is 12.1 Å². The Hall–Kier alpha value is -2.56. The first-order valence-electron chi connectivity index (χ1n) is 7.13. The van der Waals surface area contributed by atoms with E-state index in [1.54, 1.807) is 4.72 Å². The summed E-state index contributed by atoms with van der Waals surface area (Å²) >= 11 is 0. The first-order chi connectivity index (χ1) is 12.2. The van der Waals surface area contributed by atoms with Gasteiger partial charge in [0.2, 0.25) is 0 Å². The van der Waals surface area contributed by atoms with E-state index in [-0.39, 0.29) is 23.8 Å². The van der Waals surface area contributed by atoms with Crippen molar-refractivity contribution in [1.82, 2.24) is 0 Å². The Bertz CT molecular complexity index is 948. The summed E-state index contributed by atoms with van der Waals surface area (Å²) in [5.74, 6) is -0.467. The van der Waals surface area contributed by atoms with E-state index in [0.29, 0.717) is 0 Å². The standard InChI is InChI=1S/C16H11F6NO3S/c1-9(24)10-3-2-4-14(5-10)27(25,26)23-13-7-11(15(17,18)19)6-12(8-13)16(20,21)22/h2-8,23H,1H3. The lowest BCUT2D eigenvalue weighted by molar-refractivity contribution is -0.143. The number of anilines is 1. The van der Waals surface area contributed by atoms with Gasteiger partial charge in [0.15, 0.2) is 5.78 Å². The molecule has 2 rings (SSSR count). The molecule has 1 N–H and O–H groups in total. The van der Waals surface area contributed by atoms with Crippen molar-refractivity contribution in [2.75, 3.05) is 4.72 Å². The number of Topliss-reactive ketones (excluding diaryl/α,β-unsaturated/α-hetero) is 1. The van der Waals surface area contributed by atoms with Crippen molar-refractivity contribution < 1.29 is 39.6 Å². The molecule has 0 aliphatic rings. The van der Waals surface area contributed by atoms with Gasteiger partial charge in [-0.25, -0.2) is 8.42 Å². The quantitative estimate of drug-likeness (QED) is 0.585. The average molecular weight is 411 g/mol. The lowest BCUT2D eigenvalue weighted by Gasteiger charge is -2.15. The third-order valence-corrected chi connectivity index (χ3v) is 4.77. The monoisotopic (exact) mass is 411 g/mol. The van der Waals surface area contributed by atoms with Gasteiger partial charge in [-0.05, 0) is 37.3 Å². The first kappa shape index (κ1) is 20.7. The van der Waals surface area contributed by atoms with Crippen molar-refractivity contribution >= 4 is 21.5 Å². The minimum atomic E-state index is -5.12. The zero-order chi connectivity index (χ0) is 20.6. The topological polar surface area (TPSA) is 63.2 Å². The van der Waals surface area contributed by atoms with Crippen molar-refractivity contribution in [1.29, 1.82) is 0 Å². The average Bonchev–Trinajstić information content (AvgIpc) is 2.52. The van der Waals surface area contributed by atoms with Gasteiger partial charge < -0.3 is 0 Å². The summed E-state index contributed by atoms with van der Waals surface area (Å²) in [6.07, 6.45) is -10.2. The summed E-state index contributed by atoms with van der Waals surface area (Å²) in [7, 11) is -4.53. The van der Waals surface area contributed by atoms with Gasteiger partial charge in [0.25, 0.3) is 10.0 Å². The third-order valence-electron chi connectivity index (χ3n) is 3.39. The molecule has 0 bridgehead atoms. The maximum absolute atomic E-state index is 12.9. The summed E-state index contributed by atoms with van der Waals surface area (Å²) in [5.41, 5.74) is -4.22. The molecule has 0 atom stereocenters. The summed E-state index contributed by atoms with van der Waals surface area (Å²) in [5, 5.41) is 0. The highest BCUT2D eigenvalue weighted by atomic mass is 32.2. The molecule has 0 aromatic heterocycles. The fourth-order valence-electron chi connectivity index (χ4n) is 2.11. The summed E-state index contributed by atoms with van der Waals surface area (Å²) in [4.78, 5) is 10.8. The molecule has 0 aliphatic heterocycles. The van der Waals surface area contributed by atoms with Crippen LogP contribution >= 0.6 is 0 Å². The Labute approximate surface area is 149 Å². The molecule has 0 unspecified atom stereocenters. The summed E-state index contributed by atoms with van der Waals surface area (Å²) in [6.45, 7) is 1.17. The number of carbonyl (C=O) groups is 1. The van der Waals surface area contributed by atoms with Gasteiger partial charge in [-0.3, -0.25) is 9.52 Å². The molecular weight excluding hydrogens is 400 g/mol. The maximum atomic E-state index is 12.9. The van der Waals surface area contributed by atoms with E-state index < -0.39 is 49.9 Å². The highest BCUT2D eigenvalue weighted by Crippen LogP contribution is 2.38. The number of nitrogens with one attached hydrogen (secondary N) is 1. The van der Waals surface area contributed by atoms with Crippen LogP contribution in [0.2, 0.25) is 0 Å². The number of benzene rings is 2. The maximum Gasteiger partial charge on any atom is 0.416 e. The number of hydrogen-bond acceptors (Lipinski definition) is 3. The Morgan fingerprint density at radius 3 is 1.85 bits per heavy atom. The molecule has 0 radical (unpaired) electrons. The Morgan fingerprint density at radius 1 is 0.889 bits per heavy atom. The molecular formula is C16H11F6NO3S. The van der Waals surface area contributed by atoms with Crippen LogP contribution in [0.4, 0.5) is 32.0 Å². The zero-order valence-corrected chi connectivity index (χ0v) is 14.3. The van der Waals surface area contributed by atoms with Crippen molar-refractivity contribution in [2.45, 2.75) is 24.2 Å². The van der Waals surface area contributed by atoms with Crippen molar-refractivity contribution in [2.24, 2.45) is 0 Å². The summed E-state index contributed by atoms with van der Waals surface area (Å²) < 4.78 is 103. The second-order valence-electron chi connectivity index (χ2n) is 5.48. The summed E-state index contributed by atoms with van der Waals surface area (Å²) in [6, 6.07) is 4.93. The fourth-order valence-corrected chi connectivity index (χ4v) is 3.20.